The molecule has 0 heterocycles. The Balaban J connectivity index is 1.41. The van der Waals surface area contributed by atoms with Crippen molar-refractivity contribution in [2.45, 2.75) is 13.8 Å². The Bertz CT molecular complexity index is 1450. The first-order valence-electron chi connectivity index (χ1n) is 12.3. The van der Waals surface area contributed by atoms with Gasteiger partial charge in [0.25, 0.3) is 0 Å². The van der Waals surface area contributed by atoms with Gasteiger partial charge < -0.3 is 9.80 Å². The van der Waals surface area contributed by atoms with E-state index in [2.05, 4.69) is 30.7 Å². The Kier molecular flexibility index (Phi) is 8.33. The van der Waals surface area contributed by atoms with Crippen molar-refractivity contribution in [1.82, 2.24) is 0 Å². The Labute approximate surface area is 224 Å². The summed E-state index contributed by atoms with van der Waals surface area (Å²) < 4.78 is 0. The predicted octanol–water partition coefficient (Wildman–Crippen LogP) is 9.68. The van der Waals surface area contributed by atoms with E-state index in [0.29, 0.717) is 0 Å². The molecular weight excluding hydrogens is 472 g/mol. The Hall–Kier alpha value is -4.72. The van der Waals surface area contributed by atoms with Crippen molar-refractivity contribution in [3.05, 3.63) is 96.1 Å². The van der Waals surface area contributed by atoms with Crippen molar-refractivity contribution in [1.29, 1.82) is 0 Å². The van der Waals surface area contributed by atoms with Crippen molar-refractivity contribution in [2.24, 2.45) is 30.7 Å². The van der Waals surface area contributed by atoms with Gasteiger partial charge in [0.1, 0.15) is 0 Å². The van der Waals surface area contributed by atoms with Crippen LogP contribution < -0.4 is 9.80 Å². The van der Waals surface area contributed by atoms with Gasteiger partial charge in [0, 0.05) is 39.6 Å². The van der Waals surface area contributed by atoms with Crippen LogP contribution in [0.15, 0.2) is 116 Å². The first-order valence-corrected chi connectivity index (χ1v) is 12.3. The van der Waals surface area contributed by atoms with E-state index < -0.39 is 0 Å². The van der Waals surface area contributed by atoms with Crippen LogP contribution >= 0.6 is 0 Å². The van der Waals surface area contributed by atoms with Gasteiger partial charge in [-0.1, -0.05) is 0 Å². The Morgan fingerprint density at radius 1 is 0.395 bits per heavy atom. The fourth-order valence-corrected chi connectivity index (χ4v) is 3.56. The molecule has 0 aliphatic carbocycles. The number of nitrogens with zero attached hydrogens (tertiary/aromatic N) is 8. The number of aryl methyl sites for hydroxylation is 2. The maximum atomic E-state index is 4.46. The average molecular weight is 505 g/mol. The summed E-state index contributed by atoms with van der Waals surface area (Å²) in [7, 11) is 8.03. The Morgan fingerprint density at radius 3 is 0.947 bits per heavy atom. The summed E-state index contributed by atoms with van der Waals surface area (Å²) in [5, 5.41) is 26.3. The number of benzene rings is 4. The van der Waals surface area contributed by atoms with Crippen molar-refractivity contribution in [3.8, 4) is 0 Å². The van der Waals surface area contributed by atoms with Crippen LogP contribution in [0, 0.1) is 13.8 Å². The Morgan fingerprint density at radius 2 is 0.658 bits per heavy atom. The number of azo groups is 3. The molecule has 4 aromatic carbocycles. The summed E-state index contributed by atoms with van der Waals surface area (Å²) in [4.78, 5) is 4.09. The quantitative estimate of drug-likeness (QED) is 0.224. The highest BCUT2D eigenvalue weighted by molar-refractivity contribution is 5.59. The molecule has 0 atom stereocenters. The van der Waals surface area contributed by atoms with E-state index >= 15 is 0 Å². The van der Waals surface area contributed by atoms with Crippen molar-refractivity contribution in [2.75, 3.05) is 38.0 Å². The average Bonchev–Trinajstić information content (AvgIpc) is 2.92. The maximum absolute atomic E-state index is 4.46. The largest absolute Gasteiger partial charge is 0.378 e. The third kappa shape index (κ3) is 6.94. The number of hydrogen-bond donors (Lipinski definition) is 0. The monoisotopic (exact) mass is 504 g/mol. The second-order valence-corrected chi connectivity index (χ2v) is 9.36. The van der Waals surface area contributed by atoms with Crippen molar-refractivity contribution in [3.63, 3.8) is 0 Å². The molecule has 0 aliphatic rings. The van der Waals surface area contributed by atoms with Crippen molar-refractivity contribution >= 4 is 45.5 Å². The minimum absolute atomic E-state index is 0.737. The lowest BCUT2D eigenvalue weighted by atomic mass is 10.1. The van der Waals surface area contributed by atoms with E-state index in [1.54, 1.807) is 0 Å². The fraction of sp³-hybridized carbons (Fsp3) is 0.200. The van der Waals surface area contributed by atoms with E-state index in [1.807, 2.05) is 137 Å². The van der Waals surface area contributed by atoms with Crippen LogP contribution in [0.2, 0.25) is 0 Å². The molecule has 0 unspecified atom stereocenters. The van der Waals surface area contributed by atoms with Crippen LogP contribution in [0.4, 0.5) is 45.5 Å². The molecule has 4 rings (SSSR count). The zero-order chi connectivity index (χ0) is 27.1. The molecule has 0 aromatic heterocycles. The molecule has 0 fully saturated rings. The first-order chi connectivity index (χ1) is 18.3. The molecule has 0 saturated carbocycles. The van der Waals surface area contributed by atoms with E-state index in [0.717, 1.165) is 56.6 Å². The summed E-state index contributed by atoms with van der Waals surface area (Å²) in [5.41, 5.74) is 8.89. The zero-order valence-electron chi connectivity index (χ0n) is 22.7. The molecule has 0 spiro atoms. The van der Waals surface area contributed by atoms with Gasteiger partial charge in [-0.3, -0.25) is 0 Å². The minimum atomic E-state index is 0.737. The normalized spacial score (nSPS) is 11.6. The molecule has 0 aliphatic heterocycles. The van der Waals surface area contributed by atoms with Crippen LogP contribution in [0.5, 0.6) is 0 Å². The zero-order valence-corrected chi connectivity index (χ0v) is 22.7. The van der Waals surface area contributed by atoms with E-state index in [4.69, 9.17) is 0 Å². The highest BCUT2D eigenvalue weighted by atomic mass is 15.1. The third-order valence-electron chi connectivity index (χ3n) is 5.92. The van der Waals surface area contributed by atoms with Crippen LogP contribution in [-0.2, 0) is 0 Å². The van der Waals surface area contributed by atoms with Crippen LogP contribution in [-0.4, -0.2) is 28.2 Å². The van der Waals surface area contributed by atoms with Gasteiger partial charge >= 0.3 is 0 Å². The predicted molar refractivity (Wildman–Crippen MR) is 156 cm³/mol. The summed E-state index contributed by atoms with van der Waals surface area (Å²) in [6, 6.07) is 27.3. The first kappa shape index (κ1) is 26.3. The molecule has 38 heavy (non-hydrogen) atoms. The maximum Gasteiger partial charge on any atom is 0.0890 e. The lowest BCUT2D eigenvalue weighted by Gasteiger charge is -2.11. The summed E-state index contributed by atoms with van der Waals surface area (Å²) in [6.45, 7) is 3.99. The van der Waals surface area contributed by atoms with Gasteiger partial charge in [0.05, 0.1) is 34.1 Å². The molecule has 0 amide bonds. The number of hydrogen-bond acceptors (Lipinski definition) is 8. The second-order valence-electron chi connectivity index (χ2n) is 9.36. The number of rotatable bonds is 8. The molecular formula is C30H32N8. The summed E-state index contributed by atoms with van der Waals surface area (Å²) >= 11 is 0. The van der Waals surface area contributed by atoms with Crippen molar-refractivity contribution < 1.29 is 0 Å². The highest BCUT2D eigenvalue weighted by Gasteiger charge is 2.05. The van der Waals surface area contributed by atoms with Gasteiger partial charge in [-0.25, -0.2) is 0 Å². The second kappa shape index (κ2) is 12.0. The summed E-state index contributed by atoms with van der Waals surface area (Å²) in [5.74, 6) is 0. The SMILES string of the molecule is Cc1cc(N=Nc2ccc(N(C)C)cc2)c(C)cc1N=Nc1ccc(N=Nc2ccc(N(C)C)cc2)cc1. The molecule has 8 nitrogen and oxygen atoms in total. The van der Waals surface area contributed by atoms with Gasteiger partial charge in [-0.05, 0) is 110 Å². The number of anilines is 2. The molecule has 0 N–H and O–H groups in total. The standard InChI is InChI=1S/C30H32N8/c1-21-20-30(36-34-26-13-17-28(18-14-26)38(5)6)22(2)19-29(21)35-33-24-9-7-23(8-10-24)31-32-25-11-15-27(16-12-25)37(3)4/h7-20H,1-6H3. The smallest absolute Gasteiger partial charge is 0.0890 e. The van der Waals surface area contributed by atoms with E-state index in [1.165, 1.54) is 0 Å². The van der Waals surface area contributed by atoms with Gasteiger partial charge in [-0.2, -0.15) is 30.7 Å². The van der Waals surface area contributed by atoms with Gasteiger partial charge in [-0.15, -0.1) is 0 Å². The molecule has 4 aromatic rings. The lowest BCUT2D eigenvalue weighted by molar-refractivity contribution is 1.13. The van der Waals surface area contributed by atoms with E-state index in [-0.39, 0.29) is 0 Å². The molecule has 0 saturated heterocycles. The van der Waals surface area contributed by atoms with Crippen LogP contribution in [0.25, 0.3) is 0 Å². The highest BCUT2D eigenvalue weighted by Crippen LogP contribution is 2.31. The minimum Gasteiger partial charge on any atom is -0.378 e. The van der Waals surface area contributed by atoms with Crippen LogP contribution in [0.3, 0.4) is 0 Å². The molecule has 0 bridgehead atoms. The van der Waals surface area contributed by atoms with Gasteiger partial charge in [0.15, 0.2) is 0 Å². The third-order valence-corrected chi connectivity index (χ3v) is 5.92. The molecule has 8 heteroatoms. The molecule has 0 radical (unpaired) electrons. The lowest BCUT2D eigenvalue weighted by Crippen LogP contribution is -2.07. The molecule has 192 valence electrons. The van der Waals surface area contributed by atoms with Gasteiger partial charge in [0.2, 0.25) is 0 Å². The van der Waals surface area contributed by atoms with E-state index in [9.17, 15) is 0 Å². The topological polar surface area (TPSA) is 80.6 Å². The fourth-order valence-electron chi connectivity index (χ4n) is 3.56. The van der Waals surface area contributed by atoms with Crippen LogP contribution in [0.1, 0.15) is 11.1 Å². The summed E-state index contributed by atoms with van der Waals surface area (Å²) in [6.07, 6.45) is 0.